The summed E-state index contributed by atoms with van der Waals surface area (Å²) < 4.78 is 5.31. The summed E-state index contributed by atoms with van der Waals surface area (Å²) in [4.78, 5) is 12.7. The molecule has 4 nitrogen and oxygen atoms in total. The van der Waals surface area contributed by atoms with E-state index in [2.05, 4.69) is 17.6 Å². The molecular weight excluding hydrogens is 228 g/mol. The Kier molecular flexibility index (Phi) is 4.28. The molecule has 0 aromatic heterocycles. The van der Waals surface area contributed by atoms with Crippen molar-refractivity contribution in [3.63, 3.8) is 0 Å². The minimum atomic E-state index is -0.314. The third-order valence-electron chi connectivity index (χ3n) is 4.59. The van der Waals surface area contributed by atoms with E-state index >= 15 is 0 Å². The van der Waals surface area contributed by atoms with Crippen LogP contribution in [0.4, 0.5) is 0 Å². The molecule has 1 aliphatic carbocycles. The SMILES string of the molecule is COCC1(C(=O)NC2(C)CCCC2)CCNCC1. The van der Waals surface area contributed by atoms with Gasteiger partial charge in [0.15, 0.2) is 0 Å². The van der Waals surface area contributed by atoms with Crippen molar-refractivity contribution >= 4 is 5.91 Å². The van der Waals surface area contributed by atoms with Crippen LogP contribution in [0, 0.1) is 5.41 Å². The van der Waals surface area contributed by atoms with E-state index in [0.717, 1.165) is 38.8 Å². The molecule has 0 radical (unpaired) electrons. The predicted molar refractivity (Wildman–Crippen MR) is 71.4 cm³/mol. The van der Waals surface area contributed by atoms with Crippen LogP contribution in [0.3, 0.4) is 0 Å². The van der Waals surface area contributed by atoms with Gasteiger partial charge in [-0.3, -0.25) is 4.79 Å². The maximum atomic E-state index is 12.7. The Bertz CT molecular complexity index is 287. The van der Waals surface area contributed by atoms with E-state index in [-0.39, 0.29) is 16.9 Å². The Morgan fingerprint density at radius 3 is 2.39 bits per heavy atom. The average Bonchev–Trinajstić information content (AvgIpc) is 2.77. The number of nitrogens with one attached hydrogen (secondary N) is 2. The molecule has 2 aliphatic rings. The lowest BCUT2D eigenvalue weighted by atomic mass is 9.78. The fourth-order valence-electron chi connectivity index (χ4n) is 3.31. The molecule has 0 bridgehead atoms. The second-order valence-electron chi connectivity index (χ2n) is 6.19. The van der Waals surface area contributed by atoms with Gasteiger partial charge in [0, 0.05) is 12.6 Å². The number of ether oxygens (including phenoxy) is 1. The molecule has 0 spiro atoms. The lowest BCUT2D eigenvalue weighted by molar-refractivity contribution is -0.138. The van der Waals surface area contributed by atoms with Crippen LogP contribution in [0.2, 0.25) is 0 Å². The Labute approximate surface area is 110 Å². The Balaban J connectivity index is 2.03. The predicted octanol–water partition coefficient (Wildman–Crippen LogP) is 1.45. The molecule has 0 aromatic rings. The highest BCUT2D eigenvalue weighted by Gasteiger charge is 2.42. The van der Waals surface area contributed by atoms with Crippen LogP contribution in [0.25, 0.3) is 0 Å². The lowest BCUT2D eigenvalue weighted by Crippen LogP contribution is -2.55. The van der Waals surface area contributed by atoms with Gasteiger partial charge in [-0.15, -0.1) is 0 Å². The average molecular weight is 254 g/mol. The fourth-order valence-corrected chi connectivity index (χ4v) is 3.31. The smallest absolute Gasteiger partial charge is 0.229 e. The number of amides is 1. The maximum absolute atomic E-state index is 12.7. The van der Waals surface area contributed by atoms with E-state index in [1.807, 2.05) is 0 Å². The quantitative estimate of drug-likeness (QED) is 0.798. The van der Waals surface area contributed by atoms with Crippen molar-refractivity contribution in [3.05, 3.63) is 0 Å². The molecule has 18 heavy (non-hydrogen) atoms. The minimum Gasteiger partial charge on any atom is -0.384 e. The molecule has 4 heteroatoms. The zero-order valence-corrected chi connectivity index (χ0v) is 11.7. The molecule has 2 N–H and O–H groups in total. The molecule has 1 amide bonds. The Morgan fingerprint density at radius 2 is 1.83 bits per heavy atom. The lowest BCUT2D eigenvalue weighted by Gasteiger charge is -2.38. The summed E-state index contributed by atoms with van der Waals surface area (Å²) in [6, 6.07) is 0. The molecule has 1 saturated carbocycles. The van der Waals surface area contributed by atoms with Crippen molar-refractivity contribution in [2.45, 2.75) is 51.0 Å². The fraction of sp³-hybridized carbons (Fsp3) is 0.929. The first-order chi connectivity index (χ1) is 8.60. The van der Waals surface area contributed by atoms with Gasteiger partial charge in [-0.25, -0.2) is 0 Å². The molecule has 1 saturated heterocycles. The van der Waals surface area contributed by atoms with E-state index in [0.29, 0.717) is 6.61 Å². The van der Waals surface area contributed by atoms with Gasteiger partial charge in [0.1, 0.15) is 0 Å². The highest BCUT2D eigenvalue weighted by molar-refractivity contribution is 5.83. The zero-order valence-electron chi connectivity index (χ0n) is 11.7. The van der Waals surface area contributed by atoms with Gasteiger partial charge >= 0.3 is 0 Å². The molecule has 1 aliphatic heterocycles. The summed E-state index contributed by atoms with van der Waals surface area (Å²) in [6.07, 6.45) is 6.44. The number of carbonyl (C=O) groups excluding carboxylic acids is 1. The third kappa shape index (κ3) is 2.86. The van der Waals surface area contributed by atoms with Crippen molar-refractivity contribution in [1.29, 1.82) is 0 Å². The molecule has 0 aromatic carbocycles. The summed E-state index contributed by atoms with van der Waals surface area (Å²) in [5.74, 6) is 0.204. The van der Waals surface area contributed by atoms with Crippen molar-refractivity contribution in [3.8, 4) is 0 Å². The maximum Gasteiger partial charge on any atom is 0.229 e. The van der Waals surface area contributed by atoms with Gasteiger partial charge in [-0.2, -0.15) is 0 Å². The van der Waals surface area contributed by atoms with Crippen molar-refractivity contribution in [1.82, 2.24) is 10.6 Å². The summed E-state index contributed by atoms with van der Waals surface area (Å²) in [5, 5.41) is 6.62. The molecule has 104 valence electrons. The minimum absolute atomic E-state index is 0.0166. The number of piperidine rings is 1. The van der Waals surface area contributed by atoms with Crippen LogP contribution < -0.4 is 10.6 Å². The highest BCUT2D eigenvalue weighted by atomic mass is 16.5. The van der Waals surface area contributed by atoms with Gasteiger partial charge in [-0.1, -0.05) is 12.8 Å². The molecule has 1 heterocycles. The second-order valence-corrected chi connectivity index (χ2v) is 6.19. The van der Waals surface area contributed by atoms with E-state index in [9.17, 15) is 4.79 Å². The van der Waals surface area contributed by atoms with E-state index in [4.69, 9.17) is 4.74 Å². The topological polar surface area (TPSA) is 50.4 Å². The first-order valence-corrected chi connectivity index (χ1v) is 7.13. The Morgan fingerprint density at radius 1 is 1.22 bits per heavy atom. The standard InChI is InChI=1S/C14H26N2O2/c1-13(5-3-4-6-13)16-12(17)14(11-18-2)7-9-15-10-8-14/h15H,3-11H2,1-2H3,(H,16,17). The molecular formula is C14H26N2O2. The van der Waals surface area contributed by atoms with Gasteiger partial charge in [0.05, 0.1) is 12.0 Å². The van der Waals surface area contributed by atoms with E-state index < -0.39 is 0 Å². The first kappa shape index (κ1) is 13.8. The number of hydrogen-bond acceptors (Lipinski definition) is 3. The molecule has 0 atom stereocenters. The van der Waals surface area contributed by atoms with E-state index in [1.165, 1.54) is 12.8 Å². The van der Waals surface area contributed by atoms with Crippen molar-refractivity contribution in [2.75, 3.05) is 26.8 Å². The molecule has 2 fully saturated rings. The van der Waals surface area contributed by atoms with Crippen LogP contribution in [-0.4, -0.2) is 38.3 Å². The van der Waals surface area contributed by atoms with Crippen LogP contribution in [0.5, 0.6) is 0 Å². The number of methoxy groups -OCH3 is 1. The molecule has 0 unspecified atom stereocenters. The van der Waals surface area contributed by atoms with Gasteiger partial charge in [0.2, 0.25) is 5.91 Å². The monoisotopic (exact) mass is 254 g/mol. The van der Waals surface area contributed by atoms with E-state index in [1.54, 1.807) is 7.11 Å². The van der Waals surface area contributed by atoms with Crippen molar-refractivity contribution < 1.29 is 9.53 Å². The first-order valence-electron chi connectivity index (χ1n) is 7.13. The normalized spacial score (nSPS) is 25.9. The van der Waals surface area contributed by atoms with Gasteiger partial charge in [0.25, 0.3) is 0 Å². The van der Waals surface area contributed by atoms with Crippen LogP contribution >= 0.6 is 0 Å². The second kappa shape index (κ2) is 5.57. The summed E-state index contributed by atoms with van der Waals surface area (Å²) >= 11 is 0. The van der Waals surface area contributed by atoms with Crippen LogP contribution in [0.1, 0.15) is 45.4 Å². The zero-order chi connectivity index (χ0) is 13.1. The number of carbonyl (C=O) groups is 1. The third-order valence-corrected chi connectivity index (χ3v) is 4.59. The van der Waals surface area contributed by atoms with Gasteiger partial charge < -0.3 is 15.4 Å². The summed E-state index contributed by atoms with van der Waals surface area (Å²) in [6.45, 7) is 4.54. The Hall–Kier alpha value is -0.610. The summed E-state index contributed by atoms with van der Waals surface area (Å²) in [7, 11) is 1.69. The molecule has 2 rings (SSSR count). The number of hydrogen-bond donors (Lipinski definition) is 2. The van der Waals surface area contributed by atoms with Crippen molar-refractivity contribution in [2.24, 2.45) is 5.41 Å². The van der Waals surface area contributed by atoms with Gasteiger partial charge in [-0.05, 0) is 45.7 Å². The highest BCUT2D eigenvalue weighted by Crippen LogP contribution is 2.34. The number of rotatable bonds is 4. The van der Waals surface area contributed by atoms with Crippen LogP contribution in [0.15, 0.2) is 0 Å². The summed E-state index contributed by atoms with van der Waals surface area (Å²) in [5.41, 5.74) is -0.297. The van der Waals surface area contributed by atoms with Crippen LogP contribution in [-0.2, 0) is 9.53 Å². The largest absolute Gasteiger partial charge is 0.384 e.